The van der Waals surface area contributed by atoms with Gasteiger partial charge in [-0.15, -0.1) is 0 Å². The standard InChI is InChI=1S/C21H36N4O/c1-2-15-24(16-3-1)25-17-18-26-20(19-9-8-10-19)21(25,22-11-4-5-12-22)23-13-6-7-14-23/h4,11,19-20H,1-3,5-10,12-18H2. The summed E-state index contributed by atoms with van der Waals surface area (Å²) in [5, 5.41) is 5.50. The second kappa shape index (κ2) is 7.42. The van der Waals surface area contributed by atoms with E-state index in [1.165, 1.54) is 84.0 Å². The first-order valence-corrected chi connectivity index (χ1v) is 11.2. The normalized spacial score (nSPS) is 38.2. The number of hydrazine groups is 1. The quantitative estimate of drug-likeness (QED) is 0.767. The lowest BCUT2D eigenvalue weighted by Crippen LogP contribution is -2.80. The molecule has 0 N–H and O–H groups in total. The smallest absolute Gasteiger partial charge is 0.191 e. The molecule has 0 aromatic rings. The average molecular weight is 361 g/mol. The third-order valence-corrected chi connectivity index (χ3v) is 7.43. The summed E-state index contributed by atoms with van der Waals surface area (Å²) in [7, 11) is 0. The molecule has 0 spiro atoms. The van der Waals surface area contributed by atoms with Gasteiger partial charge in [0.25, 0.3) is 0 Å². The van der Waals surface area contributed by atoms with Crippen LogP contribution in [-0.2, 0) is 4.74 Å². The molecule has 4 heterocycles. The van der Waals surface area contributed by atoms with Gasteiger partial charge in [0, 0.05) is 39.3 Å². The summed E-state index contributed by atoms with van der Waals surface area (Å²) in [5.74, 6) is 0.654. The summed E-state index contributed by atoms with van der Waals surface area (Å²) in [6.07, 6.45) is 17.1. The van der Waals surface area contributed by atoms with Crippen LogP contribution in [0.4, 0.5) is 0 Å². The van der Waals surface area contributed by atoms with Gasteiger partial charge in [0.05, 0.1) is 6.61 Å². The van der Waals surface area contributed by atoms with Gasteiger partial charge >= 0.3 is 0 Å². The van der Waals surface area contributed by atoms with Crippen LogP contribution in [0.3, 0.4) is 0 Å². The van der Waals surface area contributed by atoms with Crippen molar-refractivity contribution in [2.75, 3.05) is 45.9 Å². The van der Waals surface area contributed by atoms with E-state index < -0.39 is 0 Å². The molecule has 3 saturated heterocycles. The van der Waals surface area contributed by atoms with Crippen molar-refractivity contribution in [3.63, 3.8) is 0 Å². The lowest BCUT2D eigenvalue weighted by molar-refractivity contribution is -0.325. The number of ether oxygens (including phenoxy) is 1. The monoisotopic (exact) mass is 360 g/mol. The first-order valence-electron chi connectivity index (χ1n) is 11.2. The Bertz CT molecular complexity index is 510. The number of piperidine rings is 1. The van der Waals surface area contributed by atoms with Gasteiger partial charge in [0.2, 0.25) is 0 Å². The molecule has 5 aliphatic rings. The highest BCUT2D eigenvalue weighted by atomic mass is 16.5. The number of rotatable bonds is 4. The van der Waals surface area contributed by atoms with Crippen LogP contribution in [0.25, 0.3) is 0 Å². The minimum atomic E-state index is -0.0792. The van der Waals surface area contributed by atoms with Crippen LogP contribution in [0, 0.1) is 5.92 Å². The van der Waals surface area contributed by atoms with E-state index >= 15 is 0 Å². The van der Waals surface area contributed by atoms with E-state index in [0.29, 0.717) is 6.10 Å². The van der Waals surface area contributed by atoms with E-state index in [2.05, 4.69) is 32.1 Å². The number of nitrogens with zero attached hydrogens (tertiary/aromatic N) is 4. The summed E-state index contributed by atoms with van der Waals surface area (Å²) < 4.78 is 6.66. The second-order valence-corrected chi connectivity index (χ2v) is 8.87. The van der Waals surface area contributed by atoms with E-state index in [1.807, 2.05) is 0 Å². The van der Waals surface area contributed by atoms with Crippen LogP contribution >= 0.6 is 0 Å². The van der Waals surface area contributed by atoms with Crippen molar-refractivity contribution in [3.05, 3.63) is 12.3 Å². The van der Waals surface area contributed by atoms with E-state index in [4.69, 9.17) is 4.74 Å². The summed E-state index contributed by atoms with van der Waals surface area (Å²) in [6.45, 7) is 7.99. The summed E-state index contributed by atoms with van der Waals surface area (Å²) in [4.78, 5) is 5.48. The minimum Gasteiger partial charge on any atom is -0.371 e. The van der Waals surface area contributed by atoms with Crippen molar-refractivity contribution >= 4 is 0 Å². The summed E-state index contributed by atoms with van der Waals surface area (Å²) in [5.41, 5.74) is 0. The molecule has 1 saturated carbocycles. The predicted molar refractivity (Wildman–Crippen MR) is 103 cm³/mol. The Morgan fingerprint density at radius 2 is 1.58 bits per heavy atom. The Morgan fingerprint density at radius 1 is 0.808 bits per heavy atom. The molecule has 4 aliphatic heterocycles. The van der Waals surface area contributed by atoms with Gasteiger partial charge in [0.15, 0.2) is 5.79 Å². The molecule has 5 heteroatoms. The lowest BCUT2D eigenvalue weighted by Gasteiger charge is -2.64. The molecule has 0 radical (unpaired) electrons. The Kier molecular flexibility index (Phi) is 4.99. The van der Waals surface area contributed by atoms with Gasteiger partial charge in [-0.3, -0.25) is 4.90 Å². The molecule has 0 amide bonds. The molecule has 2 atom stereocenters. The molecular weight excluding hydrogens is 324 g/mol. The molecule has 0 aromatic heterocycles. The van der Waals surface area contributed by atoms with Crippen molar-refractivity contribution in [2.45, 2.75) is 69.7 Å². The van der Waals surface area contributed by atoms with Gasteiger partial charge in [-0.2, -0.15) is 5.01 Å². The molecule has 146 valence electrons. The highest BCUT2D eigenvalue weighted by Gasteiger charge is 2.60. The molecule has 4 fully saturated rings. The topological polar surface area (TPSA) is 22.2 Å². The van der Waals surface area contributed by atoms with Crippen LogP contribution in [0.15, 0.2) is 12.3 Å². The fourth-order valence-corrected chi connectivity index (χ4v) is 6.00. The fraction of sp³-hybridized carbons (Fsp3) is 0.905. The van der Waals surface area contributed by atoms with E-state index in [9.17, 15) is 0 Å². The summed E-state index contributed by atoms with van der Waals surface area (Å²) >= 11 is 0. The van der Waals surface area contributed by atoms with Gasteiger partial charge in [-0.1, -0.05) is 18.9 Å². The van der Waals surface area contributed by atoms with Crippen LogP contribution in [0.5, 0.6) is 0 Å². The van der Waals surface area contributed by atoms with Gasteiger partial charge in [-0.05, 0) is 57.1 Å². The second-order valence-electron chi connectivity index (χ2n) is 8.87. The SMILES string of the molecule is C1=CN(C2(N3CCCC3)C(C3CCC3)OCCN2N2CCCCC2)CC1. The van der Waals surface area contributed by atoms with Crippen LogP contribution in [0.2, 0.25) is 0 Å². The minimum absolute atomic E-state index is 0.0792. The Balaban J connectivity index is 1.57. The molecule has 5 rings (SSSR count). The molecule has 1 aliphatic carbocycles. The Labute approximate surface area is 158 Å². The van der Waals surface area contributed by atoms with Crippen LogP contribution in [-0.4, -0.2) is 77.6 Å². The average Bonchev–Trinajstić information content (AvgIpc) is 3.35. The molecular formula is C21H36N4O. The molecule has 0 aromatic carbocycles. The van der Waals surface area contributed by atoms with Crippen LogP contribution in [0.1, 0.15) is 57.8 Å². The van der Waals surface area contributed by atoms with Crippen molar-refractivity contribution in [1.29, 1.82) is 0 Å². The largest absolute Gasteiger partial charge is 0.371 e. The number of hydrogen-bond acceptors (Lipinski definition) is 5. The molecule has 2 unspecified atom stereocenters. The van der Waals surface area contributed by atoms with Gasteiger partial charge in [-0.25, -0.2) is 5.01 Å². The lowest BCUT2D eigenvalue weighted by atomic mass is 9.77. The number of morpholine rings is 1. The van der Waals surface area contributed by atoms with Crippen LogP contribution < -0.4 is 0 Å². The van der Waals surface area contributed by atoms with Crippen molar-refractivity contribution in [1.82, 2.24) is 19.8 Å². The zero-order valence-electron chi connectivity index (χ0n) is 16.3. The maximum Gasteiger partial charge on any atom is 0.191 e. The maximum absolute atomic E-state index is 6.66. The molecule has 26 heavy (non-hydrogen) atoms. The zero-order chi connectivity index (χ0) is 17.4. The van der Waals surface area contributed by atoms with E-state index in [-0.39, 0.29) is 5.79 Å². The summed E-state index contributed by atoms with van der Waals surface area (Å²) in [6, 6.07) is 0. The van der Waals surface area contributed by atoms with Crippen molar-refractivity contribution in [3.8, 4) is 0 Å². The van der Waals surface area contributed by atoms with Gasteiger partial charge < -0.3 is 9.64 Å². The Morgan fingerprint density at radius 3 is 2.23 bits per heavy atom. The number of hydrogen-bond donors (Lipinski definition) is 0. The highest BCUT2D eigenvalue weighted by Crippen LogP contribution is 2.46. The maximum atomic E-state index is 6.66. The Hall–Kier alpha value is -0.620. The van der Waals surface area contributed by atoms with Crippen molar-refractivity contribution in [2.24, 2.45) is 5.92 Å². The third kappa shape index (κ3) is 2.74. The molecule has 0 bridgehead atoms. The van der Waals surface area contributed by atoms with Crippen molar-refractivity contribution < 1.29 is 4.74 Å². The molecule has 5 nitrogen and oxygen atoms in total. The van der Waals surface area contributed by atoms with Gasteiger partial charge in [0.1, 0.15) is 6.10 Å². The highest BCUT2D eigenvalue weighted by molar-refractivity contribution is 5.09. The predicted octanol–water partition coefficient (Wildman–Crippen LogP) is 2.86. The third-order valence-electron chi connectivity index (χ3n) is 7.43. The van der Waals surface area contributed by atoms with E-state index in [0.717, 1.165) is 25.6 Å². The zero-order valence-corrected chi connectivity index (χ0v) is 16.3. The fourth-order valence-electron chi connectivity index (χ4n) is 6.00. The first kappa shape index (κ1) is 17.5. The van der Waals surface area contributed by atoms with E-state index in [1.54, 1.807) is 0 Å². The number of likely N-dealkylation sites (tertiary alicyclic amines) is 1. The first-order chi connectivity index (χ1) is 12.9.